The molecule has 96 valence electrons. The van der Waals surface area contributed by atoms with Gasteiger partial charge >= 0.3 is 0 Å². The average Bonchev–Trinajstić information content (AvgIpc) is 3.14. The number of hydrogen-bond donors (Lipinski definition) is 1. The van der Waals surface area contributed by atoms with E-state index in [9.17, 15) is 0 Å². The zero-order valence-electron chi connectivity index (χ0n) is 10.5. The molecule has 0 atom stereocenters. The van der Waals surface area contributed by atoms with E-state index in [0.29, 0.717) is 17.3 Å². The Morgan fingerprint density at radius 1 is 1.37 bits per heavy atom. The van der Waals surface area contributed by atoms with Crippen molar-refractivity contribution in [1.29, 1.82) is 5.26 Å². The van der Waals surface area contributed by atoms with E-state index in [1.165, 1.54) is 12.8 Å². The van der Waals surface area contributed by atoms with Crippen LogP contribution in [0, 0.1) is 11.3 Å². The van der Waals surface area contributed by atoms with Gasteiger partial charge in [-0.3, -0.25) is 0 Å². The Morgan fingerprint density at radius 3 is 2.84 bits per heavy atom. The second-order valence-electron chi connectivity index (χ2n) is 4.82. The number of nitrogens with zero attached hydrogens (tertiary/aromatic N) is 2. The Balaban J connectivity index is 1.90. The standard InChI is InChI=1S/C15H15N3O/c16-9-11-8-13(5-6-15(11)17)18(12-3-4-12)10-14-2-1-7-19-14/h1-2,5-8,12H,3-4,10,17H2. The second-order valence-corrected chi connectivity index (χ2v) is 4.82. The normalized spacial score (nSPS) is 14.1. The van der Waals surface area contributed by atoms with Gasteiger partial charge in [0.1, 0.15) is 11.8 Å². The van der Waals surface area contributed by atoms with Crippen molar-refractivity contribution in [2.45, 2.75) is 25.4 Å². The summed E-state index contributed by atoms with van der Waals surface area (Å²) in [5, 5.41) is 9.07. The van der Waals surface area contributed by atoms with Crippen LogP contribution in [0.5, 0.6) is 0 Å². The molecule has 1 aromatic heterocycles. The number of rotatable bonds is 4. The molecule has 0 radical (unpaired) electrons. The minimum atomic E-state index is 0.528. The topological polar surface area (TPSA) is 66.2 Å². The number of nitrogen functional groups attached to an aromatic ring is 1. The van der Waals surface area contributed by atoms with E-state index in [1.807, 2.05) is 24.3 Å². The van der Waals surface area contributed by atoms with Gasteiger partial charge in [0.2, 0.25) is 0 Å². The van der Waals surface area contributed by atoms with Gasteiger partial charge in [0.25, 0.3) is 0 Å². The maximum absolute atomic E-state index is 9.07. The first kappa shape index (κ1) is 11.7. The zero-order valence-corrected chi connectivity index (χ0v) is 10.5. The van der Waals surface area contributed by atoms with Gasteiger partial charge in [0, 0.05) is 17.4 Å². The van der Waals surface area contributed by atoms with Crippen LogP contribution >= 0.6 is 0 Å². The number of nitriles is 1. The van der Waals surface area contributed by atoms with E-state index in [-0.39, 0.29) is 0 Å². The Morgan fingerprint density at radius 2 is 2.21 bits per heavy atom. The fourth-order valence-electron chi connectivity index (χ4n) is 2.21. The minimum absolute atomic E-state index is 0.528. The molecule has 0 bridgehead atoms. The highest BCUT2D eigenvalue weighted by Gasteiger charge is 2.30. The molecule has 2 N–H and O–H groups in total. The zero-order chi connectivity index (χ0) is 13.2. The van der Waals surface area contributed by atoms with Crippen molar-refractivity contribution in [2.75, 3.05) is 10.6 Å². The van der Waals surface area contributed by atoms with Crippen LogP contribution in [0.2, 0.25) is 0 Å². The van der Waals surface area contributed by atoms with Gasteiger partial charge in [-0.1, -0.05) is 0 Å². The predicted octanol–water partition coefficient (Wildman–Crippen LogP) is 2.90. The number of nitrogens with two attached hydrogens (primary N) is 1. The molecule has 0 spiro atoms. The van der Waals surface area contributed by atoms with Crippen LogP contribution in [0.1, 0.15) is 24.2 Å². The van der Waals surface area contributed by atoms with Crippen LogP contribution in [0.3, 0.4) is 0 Å². The lowest BCUT2D eigenvalue weighted by atomic mass is 10.1. The first-order valence-corrected chi connectivity index (χ1v) is 6.36. The van der Waals surface area contributed by atoms with Crippen LogP contribution < -0.4 is 10.6 Å². The predicted molar refractivity (Wildman–Crippen MR) is 73.5 cm³/mol. The maximum Gasteiger partial charge on any atom is 0.123 e. The average molecular weight is 253 g/mol. The van der Waals surface area contributed by atoms with Crippen LogP contribution in [0.4, 0.5) is 11.4 Å². The Bertz CT molecular complexity index is 609. The molecule has 1 saturated carbocycles. The molecule has 3 rings (SSSR count). The third-order valence-corrected chi connectivity index (χ3v) is 3.38. The van der Waals surface area contributed by atoms with Crippen molar-refractivity contribution >= 4 is 11.4 Å². The first-order chi connectivity index (χ1) is 9.28. The SMILES string of the molecule is N#Cc1cc(N(Cc2ccco2)C2CC2)ccc1N. The fraction of sp³-hybridized carbons (Fsp3) is 0.267. The molecule has 19 heavy (non-hydrogen) atoms. The molecular formula is C15H15N3O. The minimum Gasteiger partial charge on any atom is -0.467 e. The van der Waals surface area contributed by atoms with Crippen LogP contribution in [-0.2, 0) is 6.54 Å². The third-order valence-electron chi connectivity index (χ3n) is 3.38. The van der Waals surface area contributed by atoms with Crippen molar-refractivity contribution in [3.8, 4) is 6.07 Å². The second kappa shape index (κ2) is 4.69. The third kappa shape index (κ3) is 2.41. The quantitative estimate of drug-likeness (QED) is 0.851. The van der Waals surface area contributed by atoms with E-state index in [0.717, 1.165) is 18.0 Å². The van der Waals surface area contributed by atoms with E-state index in [2.05, 4.69) is 11.0 Å². The molecule has 1 aliphatic rings. The molecular weight excluding hydrogens is 238 g/mol. The van der Waals surface area contributed by atoms with Gasteiger partial charge in [0.05, 0.1) is 18.4 Å². The molecule has 0 unspecified atom stereocenters. The van der Waals surface area contributed by atoms with Crippen LogP contribution in [0.25, 0.3) is 0 Å². The Kier molecular flexibility index (Phi) is 2.88. The summed E-state index contributed by atoms with van der Waals surface area (Å²) in [5.74, 6) is 0.933. The van der Waals surface area contributed by atoms with Gasteiger partial charge in [0.15, 0.2) is 0 Å². The summed E-state index contributed by atoms with van der Waals surface area (Å²) in [6.45, 7) is 0.729. The number of benzene rings is 1. The lowest BCUT2D eigenvalue weighted by molar-refractivity contribution is 0.501. The smallest absolute Gasteiger partial charge is 0.123 e. The lowest BCUT2D eigenvalue weighted by Gasteiger charge is -2.24. The molecule has 4 nitrogen and oxygen atoms in total. The summed E-state index contributed by atoms with van der Waals surface area (Å²) >= 11 is 0. The highest BCUT2D eigenvalue weighted by Crippen LogP contribution is 2.34. The van der Waals surface area contributed by atoms with E-state index in [1.54, 1.807) is 12.3 Å². The molecule has 1 heterocycles. The van der Waals surface area contributed by atoms with Crippen molar-refractivity contribution < 1.29 is 4.42 Å². The summed E-state index contributed by atoms with van der Waals surface area (Å²) in [4.78, 5) is 2.28. The molecule has 2 aromatic rings. The number of anilines is 2. The molecule has 4 heteroatoms. The molecule has 1 aliphatic carbocycles. The maximum atomic E-state index is 9.07. The van der Waals surface area contributed by atoms with Crippen LogP contribution in [0.15, 0.2) is 41.0 Å². The van der Waals surface area contributed by atoms with Crippen molar-refractivity contribution in [1.82, 2.24) is 0 Å². The lowest BCUT2D eigenvalue weighted by Crippen LogP contribution is -2.24. The summed E-state index contributed by atoms with van der Waals surface area (Å²) in [6, 6.07) is 12.2. The van der Waals surface area contributed by atoms with Gasteiger partial charge < -0.3 is 15.1 Å². The van der Waals surface area contributed by atoms with Gasteiger partial charge in [-0.15, -0.1) is 0 Å². The summed E-state index contributed by atoms with van der Waals surface area (Å²) in [6.07, 6.45) is 4.06. The highest BCUT2D eigenvalue weighted by molar-refractivity contribution is 5.63. The monoisotopic (exact) mass is 253 g/mol. The number of furan rings is 1. The molecule has 0 saturated heterocycles. The summed E-state index contributed by atoms with van der Waals surface area (Å²) in [5.41, 5.74) is 7.86. The van der Waals surface area contributed by atoms with Crippen molar-refractivity contribution in [3.63, 3.8) is 0 Å². The molecule has 0 amide bonds. The van der Waals surface area contributed by atoms with Gasteiger partial charge in [-0.25, -0.2) is 0 Å². The molecule has 1 aromatic carbocycles. The van der Waals surface area contributed by atoms with Crippen LogP contribution in [-0.4, -0.2) is 6.04 Å². The van der Waals surface area contributed by atoms with Crippen molar-refractivity contribution in [3.05, 3.63) is 47.9 Å². The fourth-order valence-corrected chi connectivity index (χ4v) is 2.21. The van der Waals surface area contributed by atoms with E-state index in [4.69, 9.17) is 15.4 Å². The highest BCUT2D eigenvalue weighted by atomic mass is 16.3. The molecule has 1 fully saturated rings. The largest absolute Gasteiger partial charge is 0.467 e. The van der Waals surface area contributed by atoms with Gasteiger partial charge in [-0.2, -0.15) is 5.26 Å². The Hall–Kier alpha value is -2.41. The van der Waals surface area contributed by atoms with Crippen molar-refractivity contribution in [2.24, 2.45) is 0 Å². The van der Waals surface area contributed by atoms with E-state index < -0.39 is 0 Å². The summed E-state index contributed by atoms with van der Waals surface area (Å²) in [7, 11) is 0. The molecule has 0 aliphatic heterocycles. The van der Waals surface area contributed by atoms with E-state index >= 15 is 0 Å². The first-order valence-electron chi connectivity index (χ1n) is 6.36. The van der Waals surface area contributed by atoms with Gasteiger partial charge in [-0.05, 0) is 43.2 Å². The Labute approximate surface area is 112 Å². The summed E-state index contributed by atoms with van der Waals surface area (Å²) < 4.78 is 5.41. The number of hydrogen-bond acceptors (Lipinski definition) is 4.